The molecule has 0 aliphatic carbocycles. The Morgan fingerprint density at radius 3 is 2.21 bits per heavy atom. The van der Waals surface area contributed by atoms with Crippen LogP contribution in [0, 0.1) is 11.8 Å². The molecule has 2 saturated heterocycles. The van der Waals surface area contributed by atoms with Gasteiger partial charge in [-0.15, -0.1) is 0 Å². The molecule has 4 heteroatoms. The van der Waals surface area contributed by atoms with Crippen molar-refractivity contribution in [3.05, 3.63) is 71.8 Å². The summed E-state index contributed by atoms with van der Waals surface area (Å²) in [7, 11) is 1.60. The third-order valence-electron chi connectivity index (χ3n) is 5.23. The smallest absolute Gasteiger partial charge is 0.234 e. The zero-order valence-electron chi connectivity index (χ0n) is 13.6. The molecule has 0 radical (unpaired) electrons. The summed E-state index contributed by atoms with van der Waals surface area (Å²) in [4.78, 5) is 28.7. The summed E-state index contributed by atoms with van der Waals surface area (Å²) in [5.41, 5.74) is 2.31. The number of carbonyl (C=O) groups excluding carboxylic acids is 2. The Bertz CT molecular complexity index is 760. The highest BCUT2D eigenvalue weighted by Crippen LogP contribution is 2.46. The van der Waals surface area contributed by atoms with E-state index in [4.69, 9.17) is 0 Å². The number of rotatable bonds is 3. The van der Waals surface area contributed by atoms with Crippen molar-refractivity contribution in [1.82, 2.24) is 9.80 Å². The van der Waals surface area contributed by atoms with Crippen molar-refractivity contribution in [2.75, 3.05) is 13.6 Å². The highest BCUT2D eigenvalue weighted by molar-refractivity contribution is 6.05. The van der Waals surface area contributed by atoms with Gasteiger partial charge in [0.25, 0.3) is 0 Å². The SMILES string of the molecule is CN1C(=O)[C@H]2[C@@H](c3ccccc3)N(Cc3ccccc3)C[C@H]2C1=O. The Kier molecular flexibility index (Phi) is 3.69. The second kappa shape index (κ2) is 5.87. The molecule has 2 aromatic rings. The number of amides is 2. The Hall–Kier alpha value is -2.46. The standard InChI is InChI=1S/C20H20N2O2/c1-21-19(23)16-13-22(12-14-8-4-2-5-9-14)18(17(16)20(21)24)15-10-6-3-7-11-15/h2-11,16-18H,12-13H2,1H3/t16-,17-,18-/m1/s1. The molecule has 0 saturated carbocycles. The molecule has 0 aromatic heterocycles. The van der Waals surface area contributed by atoms with Crippen LogP contribution in [0.3, 0.4) is 0 Å². The fourth-order valence-corrected chi connectivity index (χ4v) is 4.10. The lowest BCUT2D eigenvalue weighted by atomic mass is 9.89. The van der Waals surface area contributed by atoms with E-state index in [-0.39, 0.29) is 29.7 Å². The van der Waals surface area contributed by atoms with Gasteiger partial charge in [0.15, 0.2) is 0 Å². The number of hydrogen-bond donors (Lipinski definition) is 0. The summed E-state index contributed by atoms with van der Waals surface area (Å²) in [5.74, 6) is -0.582. The van der Waals surface area contributed by atoms with Gasteiger partial charge in [-0.2, -0.15) is 0 Å². The molecule has 2 heterocycles. The Morgan fingerprint density at radius 1 is 0.917 bits per heavy atom. The number of imide groups is 1. The van der Waals surface area contributed by atoms with E-state index in [2.05, 4.69) is 29.2 Å². The first kappa shape index (κ1) is 15.1. The average Bonchev–Trinajstić information content (AvgIpc) is 3.08. The maximum Gasteiger partial charge on any atom is 0.234 e. The number of nitrogens with zero attached hydrogens (tertiary/aromatic N) is 2. The first-order valence-electron chi connectivity index (χ1n) is 8.31. The van der Waals surface area contributed by atoms with Crippen LogP contribution in [0.1, 0.15) is 17.2 Å². The largest absolute Gasteiger partial charge is 0.290 e. The molecule has 2 aromatic carbocycles. The Balaban J connectivity index is 1.71. The van der Waals surface area contributed by atoms with E-state index in [0.29, 0.717) is 6.54 Å². The molecule has 0 N–H and O–H groups in total. The number of fused-ring (bicyclic) bond motifs is 1. The van der Waals surface area contributed by atoms with E-state index >= 15 is 0 Å². The first-order valence-corrected chi connectivity index (χ1v) is 8.31. The summed E-state index contributed by atoms with van der Waals surface area (Å²) >= 11 is 0. The molecular formula is C20H20N2O2. The fraction of sp³-hybridized carbons (Fsp3) is 0.300. The zero-order valence-corrected chi connectivity index (χ0v) is 13.6. The van der Waals surface area contributed by atoms with E-state index in [0.717, 1.165) is 12.1 Å². The topological polar surface area (TPSA) is 40.6 Å². The molecule has 4 nitrogen and oxygen atoms in total. The minimum atomic E-state index is -0.270. The minimum Gasteiger partial charge on any atom is -0.290 e. The summed E-state index contributed by atoms with van der Waals surface area (Å²) < 4.78 is 0. The van der Waals surface area contributed by atoms with Gasteiger partial charge in [-0.1, -0.05) is 60.7 Å². The van der Waals surface area contributed by atoms with Crippen molar-refractivity contribution in [3.63, 3.8) is 0 Å². The van der Waals surface area contributed by atoms with Gasteiger partial charge in [-0.3, -0.25) is 19.4 Å². The maximum absolute atomic E-state index is 12.7. The van der Waals surface area contributed by atoms with E-state index in [1.54, 1.807) is 7.05 Å². The van der Waals surface area contributed by atoms with Crippen LogP contribution in [0.2, 0.25) is 0 Å². The first-order chi connectivity index (χ1) is 11.7. The van der Waals surface area contributed by atoms with Crippen LogP contribution in [-0.2, 0) is 16.1 Å². The lowest BCUT2D eigenvalue weighted by Gasteiger charge is -2.28. The molecule has 2 fully saturated rings. The molecular weight excluding hydrogens is 300 g/mol. The molecule has 2 amide bonds. The number of benzene rings is 2. The van der Waals surface area contributed by atoms with Crippen molar-refractivity contribution in [1.29, 1.82) is 0 Å². The Labute approximate surface area is 141 Å². The molecule has 3 atom stereocenters. The summed E-state index contributed by atoms with van der Waals surface area (Å²) in [6, 6.07) is 20.3. The lowest BCUT2D eigenvalue weighted by Crippen LogP contribution is -2.34. The number of likely N-dealkylation sites (tertiary alicyclic amines) is 2. The summed E-state index contributed by atoms with van der Waals surface area (Å²) in [6.07, 6.45) is 0. The van der Waals surface area contributed by atoms with Crippen molar-refractivity contribution in [3.8, 4) is 0 Å². The van der Waals surface area contributed by atoms with Gasteiger partial charge >= 0.3 is 0 Å². The van der Waals surface area contributed by atoms with E-state index in [9.17, 15) is 9.59 Å². The summed E-state index contributed by atoms with van der Waals surface area (Å²) in [6.45, 7) is 1.38. The number of hydrogen-bond acceptors (Lipinski definition) is 3. The van der Waals surface area contributed by atoms with Crippen LogP contribution in [0.5, 0.6) is 0 Å². The normalized spacial score (nSPS) is 26.9. The van der Waals surface area contributed by atoms with Gasteiger partial charge in [0.1, 0.15) is 0 Å². The van der Waals surface area contributed by atoms with Crippen molar-refractivity contribution in [2.45, 2.75) is 12.6 Å². The van der Waals surface area contributed by atoms with Crippen LogP contribution in [0.25, 0.3) is 0 Å². The van der Waals surface area contributed by atoms with E-state index in [1.807, 2.05) is 36.4 Å². The van der Waals surface area contributed by atoms with Crippen LogP contribution in [-0.4, -0.2) is 35.2 Å². The predicted molar refractivity (Wildman–Crippen MR) is 90.8 cm³/mol. The van der Waals surface area contributed by atoms with Crippen LogP contribution < -0.4 is 0 Å². The zero-order chi connectivity index (χ0) is 16.7. The van der Waals surface area contributed by atoms with Crippen molar-refractivity contribution in [2.24, 2.45) is 11.8 Å². The molecule has 0 bridgehead atoms. The predicted octanol–water partition coefficient (Wildman–Crippen LogP) is 2.47. The maximum atomic E-state index is 12.7. The Morgan fingerprint density at radius 2 is 1.54 bits per heavy atom. The van der Waals surface area contributed by atoms with Crippen LogP contribution in [0.4, 0.5) is 0 Å². The average molecular weight is 320 g/mol. The molecule has 24 heavy (non-hydrogen) atoms. The van der Waals surface area contributed by atoms with Crippen molar-refractivity contribution < 1.29 is 9.59 Å². The molecule has 122 valence electrons. The fourth-order valence-electron chi connectivity index (χ4n) is 4.10. The lowest BCUT2D eigenvalue weighted by molar-refractivity contribution is -0.139. The molecule has 2 aliphatic rings. The van der Waals surface area contributed by atoms with Crippen LogP contribution >= 0.6 is 0 Å². The quantitative estimate of drug-likeness (QED) is 0.816. The number of carbonyl (C=O) groups is 2. The second-order valence-corrected chi connectivity index (χ2v) is 6.64. The molecule has 0 unspecified atom stereocenters. The summed E-state index contributed by atoms with van der Waals surface area (Å²) in [5, 5.41) is 0. The highest BCUT2D eigenvalue weighted by Gasteiger charge is 2.56. The molecule has 2 aliphatic heterocycles. The van der Waals surface area contributed by atoms with Gasteiger partial charge in [0, 0.05) is 26.2 Å². The van der Waals surface area contributed by atoms with Gasteiger partial charge in [0.05, 0.1) is 11.8 Å². The molecule has 0 spiro atoms. The van der Waals surface area contributed by atoms with Gasteiger partial charge in [-0.05, 0) is 11.1 Å². The van der Waals surface area contributed by atoms with Gasteiger partial charge in [-0.25, -0.2) is 0 Å². The highest BCUT2D eigenvalue weighted by atomic mass is 16.2. The van der Waals surface area contributed by atoms with Crippen LogP contribution in [0.15, 0.2) is 60.7 Å². The third kappa shape index (κ3) is 2.34. The van der Waals surface area contributed by atoms with E-state index in [1.165, 1.54) is 10.5 Å². The van der Waals surface area contributed by atoms with E-state index < -0.39 is 0 Å². The van der Waals surface area contributed by atoms with Crippen molar-refractivity contribution >= 4 is 11.8 Å². The monoisotopic (exact) mass is 320 g/mol. The third-order valence-corrected chi connectivity index (χ3v) is 5.23. The minimum absolute atomic E-state index is 0.0403. The van der Waals surface area contributed by atoms with Gasteiger partial charge < -0.3 is 0 Å². The molecule has 4 rings (SSSR count). The van der Waals surface area contributed by atoms with Gasteiger partial charge in [0.2, 0.25) is 11.8 Å². The second-order valence-electron chi connectivity index (χ2n) is 6.64.